The van der Waals surface area contributed by atoms with E-state index in [9.17, 15) is 4.79 Å². The van der Waals surface area contributed by atoms with Crippen molar-refractivity contribution in [1.29, 1.82) is 0 Å². The molecule has 3 nitrogen and oxygen atoms in total. The smallest absolute Gasteiger partial charge is 0.162 e. The number of aryl methyl sites for hydroxylation is 1. The summed E-state index contributed by atoms with van der Waals surface area (Å²) in [6.45, 7) is 15.6. The van der Waals surface area contributed by atoms with Gasteiger partial charge < -0.3 is 0 Å². The maximum atomic E-state index is 13.1. The number of rotatable bonds is 9. The van der Waals surface area contributed by atoms with Crippen LogP contribution in [0.1, 0.15) is 96.6 Å². The molecule has 218 valence electrons. The molecule has 3 aromatic rings. The van der Waals surface area contributed by atoms with Gasteiger partial charge in [0.25, 0.3) is 0 Å². The van der Waals surface area contributed by atoms with E-state index >= 15 is 0 Å². The second kappa shape index (κ2) is 13.5. The zero-order valence-electron chi connectivity index (χ0n) is 25.9. The summed E-state index contributed by atoms with van der Waals surface area (Å²) >= 11 is 0. The lowest BCUT2D eigenvalue weighted by Gasteiger charge is -2.32. The molecule has 1 fully saturated rings. The molecule has 2 aliphatic heterocycles. The van der Waals surface area contributed by atoms with Crippen molar-refractivity contribution in [2.45, 2.75) is 91.1 Å². The van der Waals surface area contributed by atoms with Crippen LogP contribution in [0.15, 0.2) is 66.7 Å². The molecule has 0 spiro atoms. The molecule has 1 saturated heterocycles. The number of carbonyl (C=O) groups excluding carboxylic acids is 1. The maximum absolute atomic E-state index is 13.1. The molecule has 0 bridgehead atoms. The minimum Gasteiger partial charge on any atom is -0.299 e. The fourth-order valence-electron chi connectivity index (χ4n) is 6.65. The van der Waals surface area contributed by atoms with Gasteiger partial charge in [0, 0.05) is 38.2 Å². The minimum absolute atomic E-state index is 0.196. The summed E-state index contributed by atoms with van der Waals surface area (Å²) in [5.41, 5.74) is 9.56. The molecule has 0 aromatic heterocycles. The average Bonchev–Trinajstić information content (AvgIpc) is 3.16. The van der Waals surface area contributed by atoms with E-state index in [0.29, 0.717) is 12.2 Å². The second-order valence-electron chi connectivity index (χ2n) is 13.7. The molecule has 0 radical (unpaired) electrons. The quantitative estimate of drug-likeness (QED) is 0.251. The number of ketones is 1. The summed E-state index contributed by atoms with van der Waals surface area (Å²) in [7, 11) is 0. The summed E-state index contributed by atoms with van der Waals surface area (Å²) in [5.74, 6) is 1.08. The van der Waals surface area contributed by atoms with Gasteiger partial charge in [-0.1, -0.05) is 81.4 Å². The third-order valence-electron chi connectivity index (χ3n) is 9.50. The van der Waals surface area contributed by atoms with Crippen molar-refractivity contribution in [3.63, 3.8) is 0 Å². The number of Topliss-reactive ketones (excluding diaryl/α,β-unsaturated/α-hetero) is 1. The van der Waals surface area contributed by atoms with E-state index in [1.165, 1.54) is 65.7 Å². The Bertz CT molecular complexity index is 1310. The van der Waals surface area contributed by atoms with Crippen molar-refractivity contribution >= 4 is 5.78 Å². The first-order valence-electron chi connectivity index (χ1n) is 16.0. The first-order valence-corrected chi connectivity index (χ1v) is 16.0. The molecule has 0 atom stereocenters. The number of nitrogens with zero attached hydrogens (tertiary/aromatic N) is 2. The first-order chi connectivity index (χ1) is 19.7. The van der Waals surface area contributed by atoms with Crippen LogP contribution in [0.4, 0.5) is 0 Å². The lowest BCUT2D eigenvalue weighted by atomic mass is 9.86. The molecular weight excluding hydrogens is 500 g/mol. The number of hydrogen-bond donors (Lipinski definition) is 0. The SMILES string of the molecule is Cc1ccccc1CN1CCc2ccc(C(=O)CCCC3CCN(Cc4cccc(C(C)(C)C)c4)CC3)cc2CC1. The fraction of sp³-hybridized carbons (Fsp3) is 0.500. The summed E-state index contributed by atoms with van der Waals surface area (Å²) in [5, 5.41) is 0. The van der Waals surface area contributed by atoms with E-state index in [1.807, 2.05) is 0 Å². The number of benzene rings is 3. The largest absolute Gasteiger partial charge is 0.299 e. The molecule has 3 heteroatoms. The van der Waals surface area contributed by atoms with Crippen LogP contribution in [0, 0.1) is 12.8 Å². The van der Waals surface area contributed by atoms with Gasteiger partial charge in [-0.2, -0.15) is 0 Å². The minimum atomic E-state index is 0.196. The van der Waals surface area contributed by atoms with Gasteiger partial charge in [0.15, 0.2) is 5.78 Å². The molecule has 5 rings (SSSR count). The van der Waals surface area contributed by atoms with Gasteiger partial charge in [0.2, 0.25) is 0 Å². The Labute approximate surface area is 249 Å². The van der Waals surface area contributed by atoms with Crippen LogP contribution in [0.2, 0.25) is 0 Å². The van der Waals surface area contributed by atoms with Crippen molar-refractivity contribution in [1.82, 2.24) is 9.80 Å². The maximum Gasteiger partial charge on any atom is 0.162 e. The van der Waals surface area contributed by atoms with Crippen molar-refractivity contribution in [2.75, 3.05) is 26.2 Å². The first kappa shape index (κ1) is 29.7. The van der Waals surface area contributed by atoms with Gasteiger partial charge in [-0.15, -0.1) is 0 Å². The Balaban J connectivity index is 1.05. The van der Waals surface area contributed by atoms with Crippen molar-refractivity contribution in [2.24, 2.45) is 5.92 Å². The van der Waals surface area contributed by atoms with Crippen LogP contribution in [0.3, 0.4) is 0 Å². The zero-order chi connectivity index (χ0) is 28.8. The summed E-state index contributed by atoms with van der Waals surface area (Å²) in [4.78, 5) is 18.3. The Morgan fingerprint density at radius 3 is 2.29 bits per heavy atom. The predicted octanol–water partition coefficient (Wildman–Crippen LogP) is 8.16. The van der Waals surface area contributed by atoms with E-state index in [4.69, 9.17) is 0 Å². The molecular formula is C38H50N2O. The van der Waals surface area contributed by atoms with Crippen LogP contribution in [-0.2, 0) is 31.3 Å². The van der Waals surface area contributed by atoms with Crippen LogP contribution in [0.5, 0.6) is 0 Å². The fourth-order valence-corrected chi connectivity index (χ4v) is 6.65. The molecule has 0 N–H and O–H groups in total. The Morgan fingerprint density at radius 1 is 0.805 bits per heavy atom. The van der Waals surface area contributed by atoms with Gasteiger partial charge in [-0.05, 0) is 109 Å². The normalized spacial score (nSPS) is 17.3. The van der Waals surface area contributed by atoms with E-state index in [1.54, 1.807) is 0 Å². The van der Waals surface area contributed by atoms with Gasteiger partial charge in [-0.3, -0.25) is 14.6 Å². The van der Waals surface area contributed by atoms with Gasteiger partial charge in [0.1, 0.15) is 0 Å². The Hall–Kier alpha value is -2.75. The Kier molecular flexibility index (Phi) is 9.78. The molecule has 0 aliphatic carbocycles. The molecule has 3 aromatic carbocycles. The number of likely N-dealkylation sites (tertiary alicyclic amines) is 1. The van der Waals surface area contributed by atoms with Crippen molar-refractivity contribution in [3.8, 4) is 0 Å². The molecule has 2 aliphatic rings. The summed E-state index contributed by atoms with van der Waals surface area (Å²) < 4.78 is 0. The zero-order valence-corrected chi connectivity index (χ0v) is 25.9. The number of carbonyl (C=O) groups is 1. The third-order valence-corrected chi connectivity index (χ3v) is 9.50. The highest BCUT2D eigenvalue weighted by Gasteiger charge is 2.21. The predicted molar refractivity (Wildman–Crippen MR) is 172 cm³/mol. The van der Waals surface area contributed by atoms with Crippen LogP contribution in [0.25, 0.3) is 0 Å². The second-order valence-corrected chi connectivity index (χ2v) is 13.7. The van der Waals surface area contributed by atoms with Gasteiger partial charge >= 0.3 is 0 Å². The molecule has 0 unspecified atom stereocenters. The van der Waals surface area contributed by atoms with Crippen molar-refractivity contribution in [3.05, 3.63) is 106 Å². The van der Waals surface area contributed by atoms with E-state index in [-0.39, 0.29) is 5.41 Å². The highest BCUT2D eigenvalue weighted by Crippen LogP contribution is 2.27. The number of hydrogen-bond acceptors (Lipinski definition) is 3. The molecule has 41 heavy (non-hydrogen) atoms. The highest BCUT2D eigenvalue weighted by molar-refractivity contribution is 5.96. The third kappa shape index (κ3) is 8.17. The monoisotopic (exact) mass is 550 g/mol. The number of piperidine rings is 1. The van der Waals surface area contributed by atoms with Crippen LogP contribution >= 0.6 is 0 Å². The van der Waals surface area contributed by atoms with E-state index in [2.05, 4.69) is 104 Å². The standard InChI is InChI=1S/C38H50N2O/c1-29-9-5-6-12-35(29)28-40-23-19-32-15-16-34(26-33(32)20-24-40)37(41)14-8-10-30-17-21-39(22-18-30)27-31-11-7-13-36(25-31)38(2,3)4/h5-7,9,11-13,15-16,25-26,30H,8,10,14,17-24,27-28H2,1-4H3. The molecule has 0 saturated carbocycles. The summed E-state index contributed by atoms with van der Waals surface area (Å²) in [6.07, 6.45) is 7.47. The van der Waals surface area contributed by atoms with E-state index < -0.39 is 0 Å². The van der Waals surface area contributed by atoms with Crippen molar-refractivity contribution < 1.29 is 4.79 Å². The topological polar surface area (TPSA) is 23.6 Å². The average molecular weight is 551 g/mol. The van der Waals surface area contributed by atoms with Crippen LogP contribution < -0.4 is 0 Å². The lowest BCUT2D eigenvalue weighted by molar-refractivity contribution is 0.0974. The Morgan fingerprint density at radius 2 is 1.54 bits per heavy atom. The highest BCUT2D eigenvalue weighted by atomic mass is 16.1. The van der Waals surface area contributed by atoms with E-state index in [0.717, 1.165) is 56.9 Å². The van der Waals surface area contributed by atoms with Gasteiger partial charge in [-0.25, -0.2) is 0 Å². The number of fused-ring (bicyclic) bond motifs is 1. The molecule has 0 amide bonds. The lowest BCUT2D eigenvalue weighted by Crippen LogP contribution is -2.33. The van der Waals surface area contributed by atoms with Crippen LogP contribution in [-0.4, -0.2) is 41.8 Å². The van der Waals surface area contributed by atoms with Gasteiger partial charge in [0.05, 0.1) is 0 Å². The summed E-state index contributed by atoms with van der Waals surface area (Å²) in [6, 6.07) is 24.4. The molecule has 2 heterocycles.